The smallest absolute Gasteiger partial charge is 0.211 e. The van der Waals surface area contributed by atoms with Crippen LogP contribution in [0.15, 0.2) is 40.5 Å². The molecule has 0 radical (unpaired) electrons. The highest BCUT2D eigenvalue weighted by Gasteiger charge is 2.07. The molecule has 132 valence electrons. The molecule has 0 saturated carbocycles. The van der Waals surface area contributed by atoms with E-state index in [4.69, 9.17) is 32.5 Å². The Hall–Kier alpha value is -2.73. The molecule has 0 aliphatic rings. The molecule has 6 nitrogen and oxygen atoms in total. The molecular weight excluding hydrogens is 340 g/mol. The van der Waals surface area contributed by atoms with Crippen molar-refractivity contribution in [2.24, 2.45) is 21.7 Å². The van der Waals surface area contributed by atoms with Crippen LogP contribution >= 0.6 is 11.6 Å². The summed E-state index contributed by atoms with van der Waals surface area (Å²) in [6.07, 6.45) is 1.55. The van der Waals surface area contributed by atoms with Gasteiger partial charge in [-0.2, -0.15) is 5.10 Å². The average molecular weight is 361 g/mol. The van der Waals surface area contributed by atoms with Gasteiger partial charge in [0.1, 0.15) is 18.1 Å². The molecule has 2 rings (SSSR count). The number of hydrogen-bond acceptors (Lipinski definition) is 4. The van der Waals surface area contributed by atoms with Crippen LogP contribution in [0.1, 0.15) is 22.3 Å². The van der Waals surface area contributed by atoms with Gasteiger partial charge in [-0.05, 0) is 60.9 Å². The van der Waals surface area contributed by atoms with Crippen molar-refractivity contribution in [1.82, 2.24) is 0 Å². The van der Waals surface area contributed by atoms with Crippen LogP contribution in [0.4, 0.5) is 0 Å². The normalized spacial score (nSPS) is 10.7. The van der Waals surface area contributed by atoms with Crippen molar-refractivity contribution < 1.29 is 9.47 Å². The monoisotopic (exact) mass is 360 g/mol. The van der Waals surface area contributed by atoms with Crippen molar-refractivity contribution >= 4 is 23.8 Å². The molecule has 2 aromatic rings. The maximum Gasteiger partial charge on any atom is 0.211 e. The van der Waals surface area contributed by atoms with Crippen LogP contribution in [0.25, 0.3) is 0 Å². The van der Waals surface area contributed by atoms with Gasteiger partial charge in [0, 0.05) is 10.6 Å². The summed E-state index contributed by atoms with van der Waals surface area (Å²) >= 11 is 6.19. The van der Waals surface area contributed by atoms with E-state index in [1.165, 1.54) is 0 Å². The van der Waals surface area contributed by atoms with Crippen molar-refractivity contribution in [1.29, 1.82) is 0 Å². The van der Waals surface area contributed by atoms with Crippen LogP contribution in [0.3, 0.4) is 0 Å². The quantitative estimate of drug-likeness (QED) is 0.470. The van der Waals surface area contributed by atoms with Crippen molar-refractivity contribution in [3.8, 4) is 11.5 Å². The zero-order chi connectivity index (χ0) is 18.4. The Morgan fingerprint density at radius 2 is 1.84 bits per heavy atom. The number of benzene rings is 2. The largest absolute Gasteiger partial charge is 0.496 e. The van der Waals surface area contributed by atoms with E-state index in [-0.39, 0.29) is 5.96 Å². The highest BCUT2D eigenvalue weighted by Crippen LogP contribution is 2.27. The maximum absolute atomic E-state index is 6.19. The van der Waals surface area contributed by atoms with Gasteiger partial charge in [0.2, 0.25) is 5.96 Å². The lowest BCUT2D eigenvalue weighted by atomic mass is 10.1. The van der Waals surface area contributed by atoms with E-state index < -0.39 is 0 Å². The molecule has 7 heteroatoms. The third-order valence-electron chi connectivity index (χ3n) is 3.49. The molecule has 0 spiro atoms. The SMILES string of the molecule is COc1ccc(/C=N\N=C(N)N)cc1COc1cc(C)c(Cl)c(C)c1. The number of nitrogens with zero attached hydrogens (tertiary/aromatic N) is 2. The molecule has 0 saturated heterocycles. The first-order valence-electron chi connectivity index (χ1n) is 7.59. The number of ether oxygens (including phenoxy) is 2. The minimum Gasteiger partial charge on any atom is -0.496 e. The molecule has 25 heavy (non-hydrogen) atoms. The second-order valence-electron chi connectivity index (χ2n) is 5.50. The van der Waals surface area contributed by atoms with Crippen LogP contribution in [-0.4, -0.2) is 19.3 Å². The first-order chi connectivity index (χ1) is 11.9. The van der Waals surface area contributed by atoms with Gasteiger partial charge in [-0.25, -0.2) is 0 Å². The fourth-order valence-corrected chi connectivity index (χ4v) is 2.41. The van der Waals surface area contributed by atoms with Gasteiger partial charge in [-0.1, -0.05) is 11.6 Å². The molecule has 0 aliphatic heterocycles. The fraction of sp³-hybridized carbons (Fsp3) is 0.222. The topological polar surface area (TPSA) is 95.2 Å². The summed E-state index contributed by atoms with van der Waals surface area (Å²) in [5.74, 6) is 1.38. The molecule has 0 unspecified atom stereocenters. The zero-order valence-corrected chi connectivity index (χ0v) is 15.2. The van der Waals surface area contributed by atoms with E-state index >= 15 is 0 Å². The van der Waals surface area contributed by atoms with Crippen molar-refractivity contribution in [2.45, 2.75) is 20.5 Å². The van der Waals surface area contributed by atoms with E-state index in [2.05, 4.69) is 10.2 Å². The van der Waals surface area contributed by atoms with Crippen molar-refractivity contribution in [2.75, 3.05) is 7.11 Å². The Bertz CT molecular complexity index is 792. The predicted octanol–water partition coefficient (Wildman–Crippen LogP) is 3.15. The van der Waals surface area contributed by atoms with Crippen LogP contribution in [0.5, 0.6) is 11.5 Å². The van der Waals surface area contributed by atoms with Gasteiger partial charge in [0.15, 0.2) is 0 Å². The second-order valence-corrected chi connectivity index (χ2v) is 5.88. The first kappa shape index (κ1) is 18.6. The molecule has 0 amide bonds. The van der Waals surface area contributed by atoms with Gasteiger partial charge in [0.25, 0.3) is 0 Å². The van der Waals surface area contributed by atoms with E-state index in [0.717, 1.165) is 38.8 Å². The third-order valence-corrected chi connectivity index (χ3v) is 4.08. The van der Waals surface area contributed by atoms with Gasteiger partial charge in [-0.3, -0.25) is 0 Å². The van der Waals surface area contributed by atoms with E-state index in [1.54, 1.807) is 13.3 Å². The molecule has 0 aliphatic carbocycles. The number of methoxy groups -OCH3 is 1. The zero-order valence-electron chi connectivity index (χ0n) is 14.4. The summed E-state index contributed by atoms with van der Waals surface area (Å²) in [6, 6.07) is 9.41. The lowest BCUT2D eigenvalue weighted by Crippen LogP contribution is -2.21. The van der Waals surface area contributed by atoms with Crippen LogP contribution in [0, 0.1) is 13.8 Å². The van der Waals surface area contributed by atoms with Crippen LogP contribution in [0.2, 0.25) is 5.02 Å². The second kappa shape index (κ2) is 8.39. The van der Waals surface area contributed by atoms with Gasteiger partial charge in [-0.15, -0.1) is 5.10 Å². The molecule has 2 aromatic carbocycles. The Kier molecular flexibility index (Phi) is 6.25. The van der Waals surface area contributed by atoms with Crippen molar-refractivity contribution in [3.63, 3.8) is 0 Å². The third kappa shape index (κ3) is 5.12. The lowest BCUT2D eigenvalue weighted by molar-refractivity contribution is 0.296. The number of guanidine groups is 1. The Morgan fingerprint density at radius 3 is 2.44 bits per heavy atom. The number of hydrogen-bond donors (Lipinski definition) is 2. The fourth-order valence-electron chi connectivity index (χ4n) is 2.30. The van der Waals surface area contributed by atoms with Gasteiger partial charge < -0.3 is 20.9 Å². The molecule has 4 N–H and O–H groups in total. The molecular formula is C18H21ClN4O2. The maximum atomic E-state index is 6.19. The Balaban J connectivity index is 2.20. The van der Waals surface area contributed by atoms with Gasteiger partial charge in [0.05, 0.1) is 13.3 Å². The van der Waals surface area contributed by atoms with Crippen LogP contribution < -0.4 is 20.9 Å². The summed E-state index contributed by atoms with van der Waals surface area (Å²) in [6.45, 7) is 4.24. The van der Waals surface area contributed by atoms with Gasteiger partial charge >= 0.3 is 0 Å². The molecule has 0 aromatic heterocycles. The van der Waals surface area contributed by atoms with E-state index in [0.29, 0.717) is 6.61 Å². The lowest BCUT2D eigenvalue weighted by Gasteiger charge is -2.13. The minimum absolute atomic E-state index is 0.0956. The highest BCUT2D eigenvalue weighted by atomic mass is 35.5. The summed E-state index contributed by atoms with van der Waals surface area (Å²) < 4.78 is 11.3. The molecule has 0 heterocycles. The minimum atomic E-state index is -0.0956. The number of nitrogens with two attached hydrogens (primary N) is 2. The number of halogens is 1. The van der Waals surface area contributed by atoms with E-state index in [1.807, 2.05) is 44.2 Å². The van der Waals surface area contributed by atoms with E-state index in [9.17, 15) is 0 Å². The number of rotatable bonds is 6. The summed E-state index contributed by atoms with van der Waals surface area (Å²) in [5, 5.41) is 8.14. The van der Waals surface area contributed by atoms with Crippen molar-refractivity contribution in [3.05, 3.63) is 57.6 Å². The highest BCUT2D eigenvalue weighted by molar-refractivity contribution is 6.32. The molecule has 0 fully saturated rings. The number of aryl methyl sites for hydroxylation is 2. The average Bonchev–Trinajstić information content (AvgIpc) is 2.57. The molecule has 0 atom stereocenters. The summed E-state index contributed by atoms with van der Waals surface area (Å²) in [4.78, 5) is 0. The summed E-state index contributed by atoms with van der Waals surface area (Å²) in [5.41, 5.74) is 14.1. The molecule has 0 bridgehead atoms. The van der Waals surface area contributed by atoms with Crippen LogP contribution in [-0.2, 0) is 6.61 Å². The summed E-state index contributed by atoms with van der Waals surface area (Å²) in [7, 11) is 1.61. The standard InChI is InChI=1S/C18H21ClN4O2/c1-11-6-15(7-12(2)17(11)19)25-10-14-8-13(4-5-16(14)24-3)9-22-23-18(20)21/h4-9H,10H2,1-3H3,(H4,20,21,23)/b22-9-. The first-order valence-corrected chi connectivity index (χ1v) is 7.97. The Morgan fingerprint density at radius 1 is 1.16 bits per heavy atom. The Labute approximate surface area is 152 Å². The predicted molar refractivity (Wildman–Crippen MR) is 102 cm³/mol.